The summed E-state index contributed by atoms with van der Waals surface area (Å²) in [5, 5.41) is 8.95. The minimum Gasteiger partial charge on any atom is -0.492 e. The number of rotatable bonds is 5. The van der Waals surface area contributed by atoms with Crippen molar-refractivity contribution in [3.8, 4) is 5.75 Å². The lowest BCUT2D eigenvalue weighted by Gasteiger charge is -2.18. The molecule has 0 aliphatic carbocycles. The first kappa shape index (κ1) is 13.1. The molecule has 5 heteroatoms. The molecule has 1 aliphatic heterocycles. The molecule has 2 rings (SSSR count). The number of carboxylic acids is 1. The highest BCUT2D eigenvalue weighted by Crippen LogP contribution is 2.23. The molecule has 0 saturated heterocycles. The number of nitrogens with zero attached hydrogens (tertiary/aromatic N) is 1. The Bertz CT molecular complexity index is 522. The number of hydrogen-bond donors (Lipinski definition) is 1. The second-order valence-electron chi connectivity index (χ2n) is 4.25. The van der Waals surface area contributed by atoms with Gasteiger partial charge in [0.15, 0.2) is 0 Å². The minimum atomic E-state index is -1.03. The summed E-state index contributed by atoms with van der Waals surface area (Å²) in [6, 6.07) is 9.28. The van der Waals surface area contributed by atoms with Crippen molar-refractivity contribution in [2.75, 3.05) is 13.2 Å². The Morgan fingerprint density at radius 3 is 2.63 bits per heavy atom. The molecule has 0 unspecified atom stereocenters. The van der Waals surface area contributed by atoms with Crippen molar-refractivity contribution in [2.24, 2.45) is 0 Å². The van der Waals surface area contributed by atoms with Gasteiger partial charge in [-0.15, -0.1) is 0 Å². The SMILES string of the molecule is CC1=C(C(=O)O)CC(=O)N1CCOc1ccccc1. The number of carbonyl (C=O) groups is 2. The summed E-state index contributed by atoms with van der Waals surface area (Å²) in [4.78, 5) is 24.1. The summed E-state index contributed by atoms with van der Waals surface area (Å²) >= 11 is 0. The number of amides is 1. The van der Waals surface area contributed by atoms with Gasteiger partial charge >= 0.3 is 5.97 Å². The highest BCUT2D eigenvalue weighted by Gasteiger charge is 2.30. The second-order valence-corrected chi connectivity index (χ2v) is 4.25. The number of benzene rings is 1. The van der Waals surface area contributed by atoms with Crippen molar-refractivity contribution in [1.82, 2.24) is 4.90 Å². The van der Waals surface area contributed by atoms with Crippen LogP contribution in [0.3, 0.4) is 0 Å². The largest absolute Gasteiger partial charge is 0.492 e. The maximum absolute atomic E-state index is 11.7. The van der Waals surface area contributed by atoms with Gasteiger partial charge in [-0.05, 0) is 19.1 Å². The minimum absolute atomic E-state index is 0.0352. The standard InChI is InChI=1S/C14H15NO4/c1-10-12(14(17)18)9-13(16)15(10)7-8-19-11-5-3-2-4-6-11/h2-6H,7-9H2,1H3,(H,17,18). The average molecular weight is 261 g/mol. The lowest BCUT2D eigenvalue weighted by molar-refractivity contribution is -0.134. The summed E-state index contributed by atoms with van der Waals surface area (Å²) in [6.07, 6.45) is -0.0352. The molecule has 0 radical (unpaired) electrons. The zero-order chi connectivity index (χ0) is 13.8. The van der Waals surface area contributed by atoms with Crippen LogP contribution in [0.1, 0.15) is 13.3 Å². The number of aliphatic carboxylic acids is 1. The van der Waals surface area contributed by atoms with E-state index in [1.165, 1.54) is 4.90 Å². The normalized spacial score (nSPS) is 15.0. The van der Waals surface area contributed by atoms with E-state index in [0.717, 1.165) is 5.75 Å². The van der Waals surface area contributed by atoms with Crippen LogP contribution in [0.5, 0.6) is 5.75 Å². The summed E-state index contributed by atoms with van der Waals surface area (Å²) < 4.78 is 5.50. The van der Waals surface area contributed by atoms with Crippen LogP contribution in [0.25, 0.3) is 0 Å². The highest BCUT2D eigenvalue weighted by molar-refractivity contribution is 5.99. The van der Waals surface area contributed by atoms with E-state index in [1.54, 1.807) is 6.92 Å². The topological polar surface area (TPSA) is 66.8 Å². The van der Waals surface area contributed by atoms with E-state index >= 15 is 0 Å². The van der Waals surface area contributed by atoms with E-state index in [2.05, 4.69) is 0 Å². The van der Waals surface area contributed by atoms with Crippen molar-refractivity contribution in [1.29, 1.82) is 0 Å². The van der Waals surface area contributed by atoms with Gasteiger partial charge in [0.1, 0.15) is 12.4 Å². The molecule has 1 amide bonds. The number of carbonyl (C=O) groups excluding carboxylic acids is 1. The maximum atomic E-state index is 11.7. The zero-order valence-corrected chi connectivity index (χ0v) is 10.6. The Hall–Kier alpha value is -2.30. The number of carboxylic acid groups (broad SMARTS) is 1. The molecular formula is C14H15NO4. The van der Waals surface area contributed by atoms with Crippen molar-refractivity contribution in [3.05, 3.63) is 41.6 Å². The van der Waals surface area contributed by atoms with E-state index in [1.807, 2.05) is 30.3 Å². The van der Waals surface area contributed by atoms with Crippen LogP contribution in [0.2, 0.25) is 0 Å². The van der Waals surface area contributed by atoms with Crippen LogP contribution in [0.15, 0.2) is 41.6 Å². The lowest BCUT2D eigenvalue weighted by Crippen LogP contribution is -2.29. The predicted octanol–water partition coefficient (Wildman–Crippen LogP) is 1.66. The van der Waals surface area contributed by atoms with Gasteiger partial charge in [0.05, 0.1) is 18.5 Å². The third kappa shape index (κ3) is 2.93. The molecule has 5 nitrogen and oxygen atoms in total. The molecule has 1 aromatic rings. The molecule has 1 aromatic carbocycles. The van der Waals surface area contributed by atoms with Gasteiger partial charge in [-0.2, -0.15) is 0 Å². The van der Waals surface area contributed by atoms with Crippen LogP contribution in [0.4, 0.5) is 0 Å². The van der Waals surface area contributed by atoms with E-state index < -0.39 is 5.97 Å². The maximum Gasteiger partial charge on any atom is 0.333 e. The van der Waals surface area contributed by atoms with Crippen LogP contribution < -0.4 is 4.74 Å². The molecule has 0 aromatic heterocycles. The summed E-state index contributed by atoms with van der Waals surface area (Å²) in [7, 11) is 0. The van der Waals surface area contributed by atoms with Crippen LogP contribution in [0, 0.1) is 0 Å². The highest BCUT2D eigenvalue weighted by atomic mass is 16.5. The fourth-order valence-corrected chi connectivity index (χ4v) is 2.02. The zero-order valence-electron chi connectivity index (χ0n) is 10.6. The average Bonchev–Trinajstić information content (AvgIpc) is 2.68. The summed E-state index contributed by atoms with van der Waals surface area (Å²) in [5.41, 5.74) is 0.680. The van der Waals surface area contributed by atoms with Crippen molar-refractivity contribution in [2.45, 2.75) is 13.3 Å². The van der Waals surface area contributed by atoms with Gasteiger partial charge < -0.3 is 14.7 Å². The van der Waals surface area contributed by atoms with Gasteiger partial charge in [0.2, 0.25) is 5.91 Å². The molecule has 100 valence electrons. The third-order valence-electron chi connectivity index (χ3n) is 3.06. The first-order valence-corrected chi connectivity index (χ1v) is 6.01. The number of hydrogen-bond acceptors (Lipinski definition) is 3. The van der Waals surface area contributed by atoms with E-state index in [0.29, 0.717) is 18.8 Å². The van der Waals surface area contributed by atoms with Crippen molar-refractivity contribution >= 4 is 11.9 Å². The molecule has 0 spiro atoms. The first-order chi connectivity index (χ1) is 9.09. The Balaban J connectivity index is 1.93. The summed E-state index contributed by atoms with van der Waals surface area (Å²) in [6.45, 7) is 2.34. The van der Waals surface area contributed by atoms with E-state index in [4.69, 9.17) is 9.84 Å². The molecule has 0 bridgehead atoms. The predicted molar refractivity (Wildman–Crippen MR) is 68.6 cm³/mol. The van der Waals surface area contributed by atoms with E-state index in [-0.39, 0.29) is 17.9 Å². The molecule has 1 aliphatic rings. The van der Waals surface area contributed by atoms with Gasteiger partial charge in [-0.25, -0.2) is 4.79 Å². The Morgan fingerprint density at radius 1 is 1.37 bits per heavy atom. The Kier molecular flexibility index (Phi) is 3.85. The lowest BCUT2D eigenvalue weighted by atomic mass is 10.2. The quantitative estimate of drug-likeness (QED) is 0.875. The van der Waals surface area contributed by atoms with Crippen molar-refractivity contribution < 1.29 is 19.4 Å². The molecule has 1 N–H and O–H groups in total. The molecule has 0 fully saturated rings. The number of para-hydroxylation sites is 1. The molecule has 0 saturated carbocycles. The van der Waals surface area contributed by atoms with Gasteiger partial charge in [0.25, 0.3) is 0 Å². The second kappa shape index (κ2) is 5.56. The Morgan fingerprint density at radius 2 is 2.05 bits per heavy atom. The first-order valence-electron chi connectivity index (χ1n) is 6.01. The number of ether oxygens (including phenoxy) is 1. The van der Waals surface area contributed by atoms with Crippen LogP contribution in [-0.4, -0.2) is 35.0 Å². The van der Waals surface area contributed by atoms with Crippen molar-refractivity contribution in [3.63, 3.8) is 0 Å². The van der Waals surface area contributed by atoms with Gasteiger partial charge in [-0.1, -0.05) is 18.2 Å². The van der Waals surface area contributed by atoms with Crippen LogP contribution >= 0.6 is 0 Å². The monoisotopic (exact) mass is 261 g/mol. The third-order valence-corrected chi connectivity index (χ3v) is 3.06. The number of allylic oxidation sites excluding steroid dienone is 1. The van der Waals surface area contributed by atoms with Crippen LogP contribution in [-0.2, 0) is 9.59 Å². The smallest absolute Gasteiger partial charge is 0.333 e. The Labute approximate surface area is 111 Å². The molecule has 0 atom stereocenters. The molecular weight excluding hydrogens is 246 g/mol. The summed E-state index contributed by atoms with van der Waals surface area (Å²) in [5.74, 6) is -0.488. The van der Waals surface area contributed by atoms with Gasteiger partial charge in [-0.3, -0.25) is 4.79 Å². The fraction of sp³-hybridized carbons (Fsp3) is 0.286. The molecule has 1 heterocycles. The fourth-order valence-electron chi connectivity index (χ4n) is 2.02. The van der Waals surface area contributed by atoms with Gasteiger partial charge in [0, 0.05) is 5.70 Å². The molecule has 19 heavy (non-hydrogen) atoms. The van der Waals surface area contributed by atoms with E-state index in [9.17, 15) is 9.59 Å².